The highest BCUT2D eigenvalue weighted by atomic mass is 16.2. The molecular weight excluding hydrogens is 224 g/mol. The van der Waals surface area contributed by atoms with Gasteiger partial charge in [-0.25, -0.2) is 0 Å². The van der Waals surface area contributed by atoms with Crippen LogP contribution in [0, 0.1) is 5.92 Å². The van der Waals surface area contributed by atoms with Crippen molar-refractivity contribution in [3.8, 4) is 0 Å². The van der Waals surface area contributed by atoms with Crippen molar-refractivity contribution in [2.24, 2.45) is 5.92 Å². The van der Waals surface area contributed by atoms with Crippen LogP contribution in [0.5, 0.6) is 0 Å². The number of hydrogen-bond donors (Lipinski definition) is 1. The summed E-state index contributed by atoms with van der Waals surface area (Å²) >= 11 is 0. The molecule has 0 aliphatic carbocycles. The summed E-state index contributed by atoms with van der Waals surface area (Å²) < 4.78 is 0. The number of hydrogen-bond acceptors (Lipinski definition) is 2. The van der Waals surface area contributed by atoms with Crippen LogP contribution >= 0.6 is 0 Å². The fourth-order valence-corrected chi connectivity index (χ4v) is 2.42. The van der Waals surface area contributed by atoms with Crippen molar-refractivity contribution in [1.29, 1.82) is 0 Å². The van der Waals surface area contributed by atoms with Gasteiger partial charge in [0.25, 0.3) is 0 Å². The lowest BCUT2D eigenvalue weighted by molar-refractivity contribution is -0.119. The second-order valence-electron chi connectivity index (χ2n) is 5.23. The van der Waals surface area contributed by atoms with Crippen LogP contribution in [-0.2, 0) is 4.79 Å². The van der Waals surface area contributed by atoms with Crippen LogP contribution < -0.4 is 10.2 Å². The van der Waals surface area contributed by atoms with Crippen LogP contribution in [-0.4, -0.2) is 19.0 Å². The summed E-state index contributed by atoms with van der Waals surface area (Å²) in [5.41, 5.74) is 2.12. The van der Waals surface area contributed by atoms with Gasteiger partial charge in [0, 0.05) is 24.3 Å². The summed E-state index contributed by atoms with van der Waals surface area (Å²) in [6.07, 6.45) is 1.12. The molecule has 18 heavy (non-hydrogen) atoms. The molecule has 3 atom stereocenters. The van der Waals surface area contributed by atoms with E-state index in [0.29, 0.717) is 12.0 Å². The van der Waals surface area contributed by atoms with Gasteiger partial charge in [-0.3, -0.25) is 10.1 Å². The Morgan fingerprint density at radius 2 is 2.00 bits per heavy atom. The monoisotopic (exact) mass is 246 g/mol. The average Bonchev–Trinajstić information content (AvgIpc) is 2.63. The van der Waals surface area contributed by atoms with Crippen LogP contribution in [0.1, 0.15) is 38.8 Å². The van der Waals surface area contributed by atoms with Gasteiger partial charge in [0.05, 0.1) is 0 Å². The van der Waals surface area contributed by atoms with Crippen molar-refractivity contribution in [2.75, 3.05) is 11.9 Å². The molecule has 1 amide bonds. The zero-order valence-electron chi connectivity index (χ0n) is 11.6. The van der Waals surface area contributed by atoms with E-state index in [1.165, 1.54) is 0 Å². The van der Waals surface area contributed by atoms with E-state index in [1.54, 1.807) is 4.90 Å². The van der Waals surface area contributed by atoms with Crippen molar-refractivity contribution in [2.45, 2.75) is 39.3 Å². The summed E-state index contributed by atoms with van der Waals surface area (Å²) in [6, 6.07) is 8.16. The van der Waals surface area contributed by atoms with E-state index in [-0.39, 0.29) is 11.9 Å². The molecule has 2 rings (SSSR count). The third-order valence-electron chi connectivity index (χ3n) is 4.11. The second kappa shape index (κ2) is 5.11. The van der Waals surface area contributed by atoms with Crippen molar-refractivity contribution in [3.05, 3.63) is 29.8 Å². The number of carbonyl (C=O) groups is 1. The Kier molecular flexibility index (Phi) is 3.71. The molecule has 1 aliphatic rings. The maximum Gasteiger partial charge on any atom is 0.248 e. The molecule has 1 heterocycles. The maximum atomic E-state index is 12.3. The van der Waals surface area contributed by atoms with Gasteiger partial charge >= 0.3 is 0 Å². The van der Waals surface area contributed by atoms with Gasteiger partial charge in [-0.1, -0.05) is 38.5 Å². The quantitative estimate of drug-likeness (QED) is 0.886. The zero-order valence-corrected chi connectivity index (χ0v) is 11.6. The molecule has 3 heteroatoms. The summed E-state index contributed by atoms with van der Waals surface area (Å²) in [5.74, 6) is 0.710. The molecule has 0 aromatic heterocycles. The first-order valence-electron chi connectivity index (χ1n) is 6.68. The van der Waals surface area contributed by atoms with Crippen molar-refractivity contribution in [3.63, 3.8) is 0 Å². The number of para-hydroxylation sites is 1. The molecule has 0 fully saturated rings. The van der Waals surface area contributed by atoms with Gasteiger partial charge in [-0.15, -0.1) is 0 Å². The molecule has 3 nitrogen and oxygen atoms in total. The van der Waals surface area contributed by atoms with E-state index < -0.39 is 0 Å². The smallest absolute Gasteiger partial charge is 0.248 e. The van der Waals surface area contributed by atoms with E-state index in [9.17, 15) is 4.79 Å². The minimum atomic E-state index is -0.185. The van der Waals surface area contributed by atoms with Crippen molar-refractivity contribution >= 4 is 11.6 Å². The highest BCUT2D eigenvalue weighted by Crippen LogP contribution is 2.35. The Morgan fingerprint density at radius 1 is 1.33 bits per heavy atom. The number of fused-ring (bicyclic) bond motifs is 1. The lowest BCUT2D eigenvalue weighted by Crippen LogP contribution is -2.40. The number of amides is 1. The maximum absolute atomic E-state index is 12.3. The normalized spacial score (nSPS) is 21.9. The molecule has 3 unspecified atom stereocenters. The Morgan fingerprint density at radius 3 is 2.67 bits per heavy atom. The first-order valence-corrected chi connectivity index (χ1v) is 6.68. The standard InChI is InChI=1S/C15H22N2O/c1-5-10(2)11(3)16-14-12-8-6-7-9-13(12)17(4)15(14)18/h6-11,14,16H,5H2,1-4H3. The molecule has 1 aromatic carbocycles. The van der Waals surface area contributed by atoms with Crippen LogP contribution in [0.2, 0.25) is 0 Å². The Bertz CT molecular complexity index is 444. The highest BCUT2D eigenvalue weighted by molar-refractivity contribution is 6.04. The van der Waals surface area contributed by atoms with E-state index in [4.69, 9.17) is 0 Å². The topological polar surface area (TPSA) is 32.3 Å². The van der Waals surface area contributed by atoms with Gasteiger partial charge in [0.2, 0.25) is 5.91 Å². The Labute approximate surface area is 109 Å². The summed E-state index contributed by atoms with van der Waals surface area (Å²) in [4.78, 5) is 14.0. The van der Waals surface area contributed by atoms with Crippen LogP contribution in [0.3, 0.4) is 0 Å². The minimum Gasteiger partial charge on any atom is -0.313 e. The molecule has 0 spiro atoms. The SMILES string of the molecule is CCC(C)C(C)NC1C(=O)N(C)c2ccccc21. The van der Waals surface area contributed by atoms with E-state index in [1.807, 2.05) is 31.3 Å². The number of anilines is 1. The molecule has 0 saturated heterocycles. The molecule has 0 radical (unpaired) electrons. The predicted molar refractivity (Wildman–Crippen MR) is 74.6 cm³/mol. The number of nitrogens with one attached hydrogen (secondary N) is 1. The van der Waals surface area contributed by atoms with Crippen LogP contribution in [0.15, 0.2) is 24.3 Å². The van der Waals surface area contributed by atoms with E-state index in [0.717, 1.165) is 17.7 Å². The molecular formula is C15H22N2O. The first-order chi connectivity index (χ1) is 8.56. The van der Waals surface area contributed by atoms with Crippen LogP contribution in [0.25, 0.3) is 0 Å². The molecule has 1 N–H and O–H groups in total. The lowest BCUT2D eigenvalue weighted by atomic mass is 9.98. The number of rotatable bonds is 4. The fourth-order valence-electron chi connectivity index (χ4n) is 2.42. The van der Waals surface area contributed by atoms with Gasteiger partial charge in [-0.05, 0) is 18.9 Å². The van der Waals surface area contributed by atoms with Crippen molar-refractivity contribution in [1.82, 2.24) is 5.32 Å². The summed E-state index contributed by atoms with van der Waals surface area (Å²) in [5, 5.41) is 3.47. The molecule has 0 saturated carbocycles. The van der Waals surface area contributed by atoms with Crippen LogP contribution in [0.4, 0.5) is 5.69 Å². The second-order valence-corrected chi connectivity index (χ2v) is 5.23. The Balaban J connectivity index is 2.22. The largest absolute Gasteiger partial charge is 0.313 e. The number of carbonyl (C=O) groups excluding carboxylic acids is 1. The molecule has 1 aromatic rings. The average molecular weight is 246 g/mol. The highest BCUT2D eigenvalue weighted by Gasteiger charge is 2.35. The number of nitrogens with zero attached hydrogens (tertiary/aromatic N) is 1. The Hall–Kier alpha value is -1.35. The number of benzene rings is 1. The van der Waals surface area contributed by atoms with Crippen molar-refractivity contribution < 1.29 is 4.79 Å². The summed E-state index contributed by atoms with van der Waals surface area (Å²) in [6.45, 7) is 6.55. The summed E-state index contributed by atoms with van der Waals surface area (Å²) in [7, 11) is 1.84. The van der Waals surface area contributed by atoms with Gasteiger partial charge in [-0.2, -0.15) is 0 Å². The molecule has 0 bridgehead atoms. The minimum absolute atomic E-state index is 0.145. The first kappa shape index (κ1) is 13.1. The van der Waals surface area contributed by atoms with E-state index in [2.05, 4.69) is 26.1 Å². The van der Waals surface area contributed by atoms with Gasteiger partial charge < -0.3 is 4.90 Å². The fraction of sp³-hybridized carbons (Fsp3) is 0.533. The number of likely N-dealkylation sites (N-methyl/N-ethyl adjacent to an activating group) is 1. The third-order valence-corrected chi connectivity index (χ3v) is 4.11. The van der Waals surface area contributed by atoms with Gasteiger partial charge in [0.15, 0.2) is 0 Å². The van der Waals surface area contributed by atoms with E-state index >= 15 is 0 Å². The van der Waals surface area contributed by atoms with Gasteiger partial charge in [0.1, 0.15) is 6.04 Å². The molecule has 1 aliphatic heterocycles. The zero-order chi connectivity index (χ0) is 13.3. The lowest BCUT2D eigenvalue weighted by Gasteiger charge is -2.23. The third kappa shape index (κ3) is 2.15. The molecule has 98 valence electrons. The predicted octanol–water partition coefficient (Wildman–Crippen LogP) is 2.73.